The van der Waals surface area contributed by atoms with Crippen molar-refractivity contribution in [1.29, 1.82) is 0 Å². The first-order chi connectivity index (χ1) is 9.13. The fourth-order valence-corrected chi connectivity index (χ4v) is 3.45. The van der Waals surface area contributed by atoms with Crippen LogP contribution in [0.4, 0.5) is 5.69 Å². The largest absolute Gasteiger partial charge is 0.478 e. The van der Waals surface area contributed by atoms with Crippen LogP contribution in [0.1, 0.15) is 30.4 Å². The molecule has 2 bridgehead atoms. The Kier molecular flexibility index (Phi) is 3.05. The Balaban J connectivity index is 1.94. The Morgan fingerprint density at radius 2 is 2.26 bits per heavy atom. The van der Waals surface area contributed by atoms with Crippen LogP contribution >= 0.6 is 0 Å². The van der Waals surface area contributed by atoms with Crippen molar-refractivity contribution in [3.05, 3.63) is 35.4 Å². The summed E-state index contributed by atoms with van der Waals surface area (Å²) in [5.41, 5.74) is 3.38. The average molecular weight is 257 g/mol. The van der Waals surface area contributed by atoms with Gasteiger partial charge in [-0.15, -0.1) is 0 Å². The van der Waals surface area contributed by atoms with Gasteiger partial charge in [0.1, 0.15) is 0 Å². The van der Waals surface area contributed by atoms with Crippen LogP contribution in [0.2, 0.25) is 0 Å². The Bertz CT molecular complexity index is 536. The van der Waals surface area contributed by atoms with Gasteiger partial charge in [0.25, 0.3) is 0 Å². The molecule has 3 nitrogen and oxygen atoms in total. The molecule has 3 heteroatoms. The van der Waals surface area contributed by atoms with E-state index in [9.17, 15) is 4.79 Å². The number of anilines is 1. The molecule has 0 radical (unpaired) electrons. The van der Waals surface area contributed by atoms with Gasteiger partial charge >= 0.3 is 5.97 Å². The molecule has 1 aliphatic carbocycles. The Hall–Kier alpha value is -1.77. The van der Waals surface area contributed by atoms with Crippen LogP contribution in [0, 0.1) is 12.8 Å². The Morgan fingerprint density at radius 3 is 2.89 bits per heavy atom. The topological polar surface area (TPSA) is 40.5 Å². The minimum absolute atomic E-state index is 0.657. The summed E-state index contributed by atoms with van der Waals surface area (Å²) in [7, 11) is 0. The van der Waals surface area contributed by atoms with Crippen molar-refractivity contribution >= 4 is 17.7 Å². The normalized spacial score (nSPS) is 25.4. The van der Waals surface area contributed by atoms with Crippen LogP contribution in [-0.2, 0) is 4.79 Å². The maximum absolute atomic E-state index is 10.7. The van der Waals surface area contributed by atoms with Gasteiger partial charge in [0.15, 0.2) is 0 Å². The van der Waals surface area contributed by atoms with E-state index in [1.165, 1.54) is 31.0 Å². The molecule has 1 aliphatic heterocycles. The number of carboxylic acid groups (broad SMARTS) is 1. The van der Waals surface area contributed by atoms with Crippen LogP contribution < -0.4 is 4.90 Å². The molecule has 2 unspecified atom stereocenters. The monoisotopic (exact) mass is 257 g/mol. The van der Waals surface area contributed by atoms with Crippen LogP contribution in [0.15, 0.2) is 24.3 Å². The lowest BCUT2D eigenvalue weighted by Gasteiger charge is -2.30. The van der Waals surface area contributed by atoms with E-state index in [1.54, 1.807) is 6.08 Å². The minimum Gasteiger partial charge on any atom is -0.478 e. The average Bonchev–Trinajstić information content (AvgIpc) is 2.98. The molecule has 19 heavy (non-hydrogen) atoms. The smallest absolute Gasteiger partial charge is 0.328 e. The van der Waals surface area contributed by atoms with E-state index in [0.29, 0.717) is 6.04 Å². The summed E-state index contributed by atoms with van der Waals surface area (Å²) in [6.07, 6.45) is 6.88. The van der Waals surface area contributed by atoms with E-state index in [4.69, 9.17) is 5.11 Å². The lowest BCUT2D eigenvalue weighted by molar-refractivity contribution is -0.131. The van der Waals surface area contributed by atoms with Crippen molar-refractivity contribution in [2.24, 2.45) is 5.92 Å². The highest BCUT2D eigenvalue weighted by atomic mass is 16.4. The molecule has 0 spiro atoms. The number of carboxylic acids is 1. The predicted octanol–water partition coefficient (Wildman–Crippen LogP) is 3.08. The summed E-state index contributed by atoms with van der Waals surface area (Å²) < 4.78 is 0. The fourth-order valence-electron chi connectivity index (χ4n) is 3.45. The van der Waals surface area contributed by atoms with Gasteiger partial charge in [-0.3, -0.25) is 0 Å². The second kappa shape index (κ2) is 4.72. The Labute approximate surface area is 113 Å². The van der Waals surface area contributed by atoms with Gasteiger partial charge in [-0.1, -0.05) is 11.6 Å². The lowest BCUT2D eigenvalue weighted by Crippen LogP contribution is -2.32. The van der Waals surface area contributed by atoms with Crippen LogP contribution in [0.25, 0.3) is 6.08 Å². The lowest BCUT2D eigenvalue weighted by atomic mass is 10.0. The molecule has 3 rings (SSSR count). The quantitative estimate of drug-likeness (QED) is 0.846. The number of piperidine rings is 1. The van der Waals surface area contributed by atoms with E-state index in [-0.39, 0.29) is 0 Å². The number of benzene rings is 1. The maximum Gasteiger partial charge on any atom is 0.328 e. The van der Waals surface area contributed by atoms with Crippen molar-refractivity contribution < 1.29 is 9.90 Å². The van der Waals surface area contributed by atoms with Gasteiger partial charge in [0.2, 0.25) is 0 Å². The first-order valence-electron chi connectivity index (χ1n) is 6.92. The van der Waals surface area contributed by atoms with Gasteiger partial charge in [0.05, 0.1) is 0 Å². The number of nitrogens with zero attached hydrogens (tertiary/aromatic N) is 1. The van der Waals surface area contributed by atoms with Crippen molar-refractivity contribution in [3.8, 4) is 0 Å². The Morgan fingerprint density at radius 1 is 1.42 bits per heavy atom. The van der Waals surface area contributed by atoms with Crippen molar-refractivity contribution in [1.82, 2.24) is 0 Å². The first-order valence-corrected chi connectivity index (χ1v) is 6.92. The van der Waals surface area contributed by atoms with Gasteiger partial charge in [-0.05, 0) is 55.9 Å². The maximum atomic E-state index is 10.7. The van der Waals surface area contributed by atoms with Gasteiger partial charge < -0.3 is 10.0 Å². The SMILES string of the molecule is Cc1ccc(N2CC3CCC2C3)c(/C=C/C(=O)O)c1. The molecule has 2 atom stereocenters. The number of fused-ring (bicyclic) bond motifs is 2. The molecule has 0 amide bonds. The number of aryl methyl sites for hydroxylation is 1. The van der Waals surface area contributed by atoms with Gasteiger partial charge in [0, 0.05) is 24.4 Å². The van der Waals surface area contributed by atoms with Gasteiger partial charge in [-0.2, -0.15) is 0 Å². The van der Waals surface area contributed by atoms with Gasteiger partial charge in [-0.25, -0.2) is 4.79 Å². The number of rotatable bonds is 3. The summed E-state index contributed by atoms with van der Waals surface area (Å²) in [5, 5.41) is 8.81. The molecule has 1 aromatic carbocycles. The number of hydrogen-bond donors (Lipinski definition) is 1. The fraction of sp³-hybridized carbons (Fsp3) is 0.438. The number of carbonyl (C=O) groups is 1. The highest BCUT2D eigenvalue weighted by Crippen LogP contribution is 2.41. The first kappa shape index (κ1) is 12.3. The zero-order valence-corrected chi connectivity index (χ0v) is 11.2. The molecule has 1 heterocycles. The van der Waals surface area contributed by atoms with Crippen molar-refractivity contribution in [3.63, 3.8) is 0 Å². The standard InChI is InChI=1S/C16H19NO2/c1-11-2-6-15(13(8-11)4-7-16(18)19)17-10-12-3-5-14(17)9-12/h2,4,6-8,12,14H,3,5,9-10H2,1H3,(H,18,19)/b7-4+. The molecule has 1 N–H and O–H groups in total. The van der Waals surface area contributed by atoms with E-state index < -0.39 is 5.97 Å². The number of aliphatic carboxylic acids is 1. The third-order valence-electron chi connectivity index (χ3n) is 4.31. The summed E-state index contributed by atoms with van der Waals surface area (Å²) in [6, 6.07) is 6.97. The second-order valence-corrected chi connectivity index (χ2v) is 5.72. The molecular formula is C16H19NO2. The molecule has 1 aromatic rings. The molecule has 1 saturated heterocycles. The highest BCUT2D eigenvalue weighted by molar-refractivity contribution is 5.87. The van der Waals surface area contributed by atoms with Crippen LogP contribution in [-0.4, -0.2) is 23.7 Å². The molecule has 0 aromatic heterocycles. The molecule has 2 fully saturated rings. The zero-order valence-electron chi connectivity index (χ0n) is 11.2. The third kappa shape index (κ3) is 2.37. The summed E-state index contributed by atoms with van der Waals surface area (Å²) in [4.78, 5) is 13.2. The molecule has 100 valence electrons. The zero-order chi connectivity index (χ0) is 13.4. The second-order valence-electron chi connectivity index (χ2n) is 5.72. The summed E-state index contributed by atoms with van der Waals surface area (Å²) >= 11 is 0. The summed E-state index contributed by atoms with van der Waals surface area (Å²) in [5.74, 6) is -0.0574. The molecular weight excluding hydrogens is 238 g/mol. The summed E-state index contributed by atoms with van der Waals surface area (Å²) in [6.45, 7) is 3.17. The minimum atomic E-state index is -0.893. The van der Waals surface area contributed by atoms with Crippen LogP contribution in [0.5, 0.6) is 0 Å². The van der Waals surface area contributed by atoms with Crippen molar-refractivity contribution in [2.45, 2.75) is 32.2 Å². The highest BCUT2D eigenvalue weighted by Gasteiger charge is 2.38. The third-order valence-corrected chi connectivity index (χ3v) is 4.31. The van der Waals surface area contributed by atoms with E-state index in [2.05, 4.69) is 23.1 Å². The van der Waals surface area contributed by atoms with E-state index in [1.807, 2.05) is 6.92 Å². The van der Waals surface area contributed by atoms with Crippen molar-refractivity contribution in [2.75, 3.05) is 11.4 Å². The molecule has 1 saturated carbocycles. The predicted molar refractivity (Wildman–Crippen MR) is 76.3 cm³/mol. The molecule has 2 aliphatic rings. The number of hydrogen-bond acceptors (Lipinski definition) is 2. The van der Waals surface area contributed by atoms with E-state index >= 15 is 0 Å². The van der Waals surface area contributed by atoms with Crippen LogP contribution in [0.3, 0.4) is 0 Å². The van der Waals surface area contributed by atoms with E-state index in [0.717, 1.165) is 23.6 Å².